The molecular formula is C17H20Cl2N2O4. The summed E-state index contributed by atoms with van der Waals surface area (Å²) in [6.07, 6.45) is 2.42. The Morgan fingerprint density at radius 1 is 1.28 bits per heavy atom. The Labute approximate surface area is 156 Å². The number of ether oxygens (including phenoxy) is 2. The third kappa shape index (κ3) is 3.96. The molecule has 3 rings (SSSR count). The Hall–Kier alpha value is -1.66. The van der Waals surface area contributed by atoms with Gasteiger partial charge in [-0.15, -0.1) is 23.2 Å². The molecule has 2 fully saturated rings. The summed E-state index contributed by atoms with van der Waals surface area (Å²) in [4.78, 5) is 24.1. The van der Waals surface area contributed by atoms with Gasteiger partial charge in [0.2, 0.25) is 5.91 Å². The lowest BCUT2D eigenvalue weighted by Gasteiger charge is -2.15. The van der Waals surface area contributed by atoms with Crippen LogP contribution in [0.1, 0.15) is 26.2 Å². The highest BCUT2D eigenvalue weighted by molar-refractivity contribution is 6.53. The molecule has 25 heavy (non-hydrogen) atoms. The fourth-order valence-electron chi connectivity index (χ4n) is 2.42. The Morgan fingerprint density at radius 2 is 1.96 bits per heavy atom. The highest BCUT2D eigenvalue weighted by Gasteiger charge is 2.67. The molecule has 1 aromatic carbocycles. The molecule has 0 heterocycles. The van der Waals surface area contributed by atoms with Gasteiger partial charge in [0, 0.05) is 17.8 Å². The minimum atomic E-state index is -1.04. The quantitative estimate of drug-likeness (QED) is 0.706. The van der Waals surface area contributed by atoms with Crippen LogP contribution >= 0.6 is 23.2 Å². The molecule has 2 amide bonds. The van der Waals surface area contributed by atoms with Crippen LogP contribution in [0, 0.1) is 5.41 Å². The van der Waals surface area contributed by atoms with E-state index in [1.807, 2.05) is 0 Å². The number of amides is 2. The first-order valence-electron chi connectivity index (χ1n) is 8.05. The summed E-state index contributed by atoms with van der Waals surface area (Å²) >= 11 is 12.1. The molecule has 8 heteroatoms. The van der Waals surface area contributed by atoms with E-state index in [0.717, 1.165) is 12.8 Å². The lowest BCUT2D eigenvalue weighted by atomic mass is 10.1. The lowest BCUT2D eigenvalue weighted by molar-refractivity contribution is -0.123. The zero-order valence-electron chi connectivity index (χ0n) is 14.0. The number of nitrogens with one attached hydrogen (secondary N) is 2. The van der Waals surface area contributed by atoms with Crippen LogP contribution in [0.2, 0.25) is 0 Å². The van der Waals surface area contributed by atoms with Crippen LogP contribution in [-0.2, 0) is 9.59 Å². The van der Waals surface area contributed by atoms with Crippen molar-refractivity contribution in [3.8, 4) is 11.5 Å². The fourth-order valence-corrected chi connectivity index (χ4v) is 3.13. The van der Waals surface area contributed by atoms with Gasteiger partial charge in [0.15, 0.2) is 18.1 Å². The third-order valence-electron chi connectivity index (χ3n) is 4.48. The second-order valence-electron chi connectivity index (χ2n) is 6.66. The lowest BCUT2D eigenvalue weighted by Crippen LogP contribution is -2.30. The van der Waals surface area contributed by atoms with Gasteiger partial charge in [0.25, 0.3) is 5.91 Å². The molecule has 0 bridgehead atoms. The van der Waals surface area contributed by atoms with Crippen LogP contribution in [0.5, 0.6) is 11.5 Å². The van der Waals surface area contributed by atoms with Crippen molar-refractivity contribution in [1.29, 1.82) is 0 Å². The van der Waals surface area contributed by atoms with Gasteiger partial charge in [-0.3, -0.25) is 9.59 Å². The first-order valence-corrected chi connectivity index (χ1v) is 8.80. The van der Waals surface area contributed by atoms with Gasteiger partial charge in [-0.2, -0.15) is 0 Å². The molecule has 2 N–H and O–H groups in total. The second-order valence-corrected chi connectivity index (χ2v) is 8.15. The predicted molar refractivity (Wildman–Crippen MR) is 95.4 cm³/mol. The first kappa shape index (κ1) is 18.1. The normalized spacial score (nSPS) is 23.5. The smallest absolute Gasteiger partial charge is 0.258 e. The average molecular weight is 387 g/mol. The highest BCUT2D eigenvalue weighted by atomic mass is 35.5. The number of methoxy groups -OCH3 is 1. The summed E-state index contributed by atoms with van der Waals surface area (Å²) in [6, 6.07) is 5.23. The fraction of sp³-hybridized carbons (Fsp3) is 0.529. The molecule has 0 radical (unpaired) electrons. The second kappa shape index (κ2) is 6.57. The van der Waals surface area contributed by atoms with E-state index in [0.29, 0.717) is 23.6 Å². The number of hydrogen-bond acceptors (Lipinski definition) is 4. The van der Waals surface area contributed by atoms with E-state index in [4.69, 9.17) is 32.7 Å². The molecule has 1 atom stereocenters. The topological polar surface area (TPSA) is 76.7 Å². The summed E-state index contributed by atoms with van der Waals surface area (Å²) < 4.78 is 9.74. The van der Waals surface area contributed by atoms with E-state index >= 15 is 0 Å². The van der Waals surface area contributed by atoms with Crippen LogP contribution in [-0.4, -0.2) is 35.9 Å². The SMILES string of the molecule is COc1ccc(NC(=O)C2(C)CC2(Cl)Cl)cc1OCC(=O)NC1CC1. The molecular weight excluding hydrogens is 367 g/mol. The maximum atomic E-state index is 12.4. The summed E-state index contributed by atoms with van der Waals surface area (Å²) in [7, 11) is 1.51. The molecule has 0 saturated heterocycles. The molecule has 6 nitrogen and oxygen atoms in total. The van der Waals surface area contributed by atoms with Crippen LogP contribution in [0.25, 0.3) is 0 Å². The van der Waals surface area contributed by atoms with Gasteiger partial charge in [-0.25, -0.2) is 0 Å². The minimum Gasteiger partial charge on any atom is -0.493 e. The molecule has 1 aromatic rings. The summed E-state index contributed by atoms with van der Waals surface area (Å²) in [5.41, 5.74) is -0.304. The highest BCUT2D eigenvalue weighted by Crippen LogP contribution is 2.64. The summed E-state index contributed by atoms with van der Waals surface area (Å²) in [5, 5.41) is 5.62. The van der Waals surface area contributed by atoms with Crippen molar-refractivity contribution in [3.63, 3.8) is 0 Å². The van der Waals surface area contributed by atoms with Crippen molar-refractivity contribution in [3.05, 3.63) is 18.2 Å². The number of halogens is 2. The van der Waals surface area contributed by atoms with Crippen LogP contribution < -0.4 is 20.1 Å². The third-order valence-corrected chi connectivity index (χ3v) is 5.58. The molecule has 136 valence electrons. The number of carbonyl (C=O) groups excluding carboxylic acids is 2. The number of rotatable bonds is 7. The molecule has 0 aromatic heterocycles. The van der Waals surface area contributed by atoms with Gasteiger partial charge in [-0.1, -0.05) is 0 Å². The van der Waals surface area contributed by atoms with Gasteiger partial charge >= 0.3 is 0 Å². The monoisotopic (exact) mass is 386 g/mol. The molecule has 0 aliphatic heterocycles. The van der Waals surface area contributed by atoms with E-state index in [1.165, 1.54) is 7.11 Å². The van der Waals surface area contributed by atoms with Crippen LogP contribution in [0.4, 0.5) is 5.69 Å². The number of carbonyl (C=O) groups is 2. The molecule has 2 aliphatic carbocycles. The zero-order chi connectivity index (χ0) is 18.2. The maximum Gasteiger partial charge on any atom is 0.258 e. The van der Waals surface area contributed by atoms with E-state index in [1.54, 1.807) is 25.1 Å². The van der Waals surface area contributed by atoms with Crippen molar-refractivity contribution in [2.45, 2.75) is 36.6 Å². The largest absolute Gasteiger partial charge is 0.493 e. The standard InChI is InChI=1S/C17H20Cl2N2O4/c1-16(9-17(16,18)19)15(23)21-11-5-6-12(24-2)13(7-11)25-8-14(22)20-10-3-4-10/h5-7,10H,3-4,8-9H2,1-2H3,(H,20,22)(H,21,23). The van der Waals surface area contributed by atoms with Crippen LogP contribution in [0.3, 0.4) is 0 Å². The predicted octanol–water partition coefficient (Wildman–Crippen LogP) is 2.88. The summed E-state index contributed by atoms with van der Waals surface area (Å²) in [6.45, 7) is 1.60. The number of benzene rings is 1. The van der Waals surface area contributed by atoms with Crippen molar-refractivity contribution in [1.82, 2.24) is 5.32 Å². The van der Waals surface area contributed by atoms with Crippen molar-refractivity contribution in [2.75, 3.05) is 19.0 Å². The molecule has 1 unspecified atom stereocenters. The number of hydrogen-bond donors (Lipinski definition) is 2. The van der Waals surface area contributed by atoms with Crippen molar-refractivity contribution >= 4 is 40.7 Å². The summed E-state index contributed by atoms with van der Waals surface area (Å²) in [5.74, 6) is 0.396. The van der Waals surface area contributed by atoms with E-state index in [9.17, 15) is 9.59 Å². The number of alkyl halides is 2. The Bertz CT molecular complexity index is 706. The molecule has 2 aliphatic rings. The maximum absolute atomic E-state index is 12.4. The van der Waals surface area contributed by atoms with Gasteiger partial charge in [0.05, 0.1) is 12.5 Å². The Balaban J connectivity index is 1.64. The minimum absolute atomic E-state index is 0.117. The van der Waals surface area contributed by atoms with Gasteiger partial charge < -0.3 is 20.1 Å². The van der Waals surface area contributed by atoms with Gasteiger partial charge in [0.1, 0.15) is 4.33 Å². The van der Waals surface area contributed by atoms with E-state index in [-0.39, 0.29) is 24.5 Å². The van der Waals surface area contributed by atoms with E-state index in [2.05, 4.69) is 10.6 Å². The zero-order valence-corrected chi connectivity index (χ0v) is 15.5. The first-order chi connectivity index (χ1) is 11.7. The van der Waals surface area contributed by atoms with Gasteiger partial charge in [-0.05, 0) is 38.3 Å². The van der Waals surface area contributed by atoms with Crippen molar-refractivity contribution < 1.29 is 19.1 Å². The van der Waals surface area contributed by atoms with Crippen molar-refractivity contribution in [2.24, 2.45) is 5.41 Å². The van der Waals surface area contributed by atoms with Crippen LogP contribution in [0.15, 0.2) is 18.2 Å². The van der Waals surface area contributed by atoms with E-state index < -0.39 is 9.75 Å². The number of anilines is 1. The molecule has 2 saturated carbocycles. The Morgan fingerprint density at radius 3 is 2.52 bits per heavy atom. The average Bonchev–Trinajstić information content (AvgIpc) is 3.44. The molecule has 0 spiro atoms. The Kier molecular flexibility index (Phi) is 4.77.